The highest BCUT2D eigenvalue weighted by atomic mass is 19.3. The van der Waals surface area contributed by atoms with Crippen LogP contribution in [0, 0.1) is 6.92 Å². The molecule has 7 heteroatoms. The highest BCUT2D eigenvalue weighted by Crippen LogP contribution is 2.42. The predicted molar refractivity (Wildman–Crippen MR) is 123 cm³/mol. The molecular formula is C26H24F2N4O. The summed E-state index contributed by atoms with van der Waals surface area (Å²) in [5.41, 5.74) is 3.17. The van der Waals surface area contributed by atoms with Gasteiger partial charge in [-0.25, -0.2) is 18.4 Å². The molecule has 0 bridgehead atoms. The van der Waals surface area contributed by atoms with Crippen LogP contribution in [0.3, 0.4) is 0 Å². The van der Waals surface area contributed by atoms with Crippen molar-refractivity contribution in [3.05, 3.63) is 89.2 Å². The fourth-order valence-corrected chi connectivity index (χ4v) is 4.19. The number of hydrogen-bond donors (Lipinski definition) is 0. The Kier molecular flexibility index (Phi) is 5.62. The van der Waals surface area contributed by atoms with Crippen molar-refractivity contribution in [2.24, 2.45) is 0 Å². The van der Waals surface area contributed by atoms with Crippen molar-refractivity contribution in [2.75, 3.05) is 4.90 Å². The Morgan fingerprint density at radius 1 is 1.09 bits per heavy atom. The normalized spacial score (nSPS) is 13.6. The lowest BCUT2D eigenvalue weighted by molar-refractivity contribution is -0.119. The number of hydrogen-bond acceptors (Lipinski definition) is 3. The Balaban J connectivity index is 1.52. The Labute approximate surface area is 190 Å². The lowest BCUT2D eigenvalue weighted by Crippen LogP contribution is -2.33. The molecule has 5 rings (SSSR count). The molecule has 4 aromatic rings. The minimum Gasteiger partial charge on any atom is -0.306 e. The second-order valence-electron chi connectivity index (χ2n) is 8.45. The average Bonchev–Trinajstić information content (AvgIpc) is 3.63. The molecule has 5 nitrogen and oxygen atoms in total. The number of aryl methyl sites for hydroxylation is 1. The van der Waals surface area contributed by atoms with E-state index < -0.39 is 6.43 Å². The number of benzene rings is 2. The Morgan fingerprint density at radius 2 is 1.76 bits per heavy atom. The van der Waals surface area contributed by atoms with Crippen LogP contribution in [0.15, 0.2) is 66.7 Å². The number of rotatable bonds is 7. The Bertz CT molecular complexity index is 1280. The van der Waals surface area contributed by atoms with Gasteiger partial charge in [-0.05, 0) is 43.5 Å². The molecule has 1 fully saturated rings. The van der Waals surface area contributed by atoms with E-state index in [1.54, 1.807) is 11.8 Å². The number of carbonyl (C=O) groups excluding carboxylic acids is 1. The van der Waals surface area contributed by atoms with Crippen LogP contribution in [-0.4, -0.2) is 20.7 Å². The number of alkyl halides is 2. The van der Waals surface area contributed by atoms with Crippen molar-refractivity contribution in [3.63, 3.8) is 0 Å². The van der Waals surface area contributed by atoms with E-state index in [2.05, 4.69) is 10.1 Å². The van der Waals surface area contributed by atoms with Crippen LogP contribution in [0.2, 0.25) is 0 Å². The summed E-state index contributed by atoms with van der Waals surface area (Å²) in [5.74, 6) is 0.0248. The standard InChI is InChI=1S/C26H24F2N4O/c1-17-24-21(25(27)28)14-22(19-12-13-19)29-26(24)32(30-17)16-23(33)31(20-10-6-3-7-11-20)15-18-8-4-2-5-9-18/h2-11,14,19,25H,12-13,15-16H2,1H3. The van der Waals surface area contributed by atoms with Crippen molar-refractivity contribution in [1.82, 2.24) is 14.8 Å². The number of amides is 1. The Hall–Kier alpha value is -3.61. The van der Waals surface area contributed by atoms with Crippen molar-refractivity contribution in [1.29, 1.82) is 0 Å². The van der Waals surface area contributed by atoms with Crippen LogP contribution in [0.5, 0.6) is 0 Å². The highest BCUT2D eigenvalue weighted by molar-refractivity contribution is 5.94. The van der Waals surface area contributed by atoms with Gasteiger partial charge in [0.25, 0.3) is 6.43 Å². The number of anilines is 1. The fraction of sp³-hybridized carbons (Fsp3) is 0.269. The van der Waals surface area contributed by atoms with Gasteiger partial charge in [0, 0.05) is 22.9 Å². The topological polar surface area (TPSA) is 51.0 Å². The maximum atomic E-state index is 13.9. The first-order valence-corrected chi connectivity index (χ1v) is 11.1. The zero-order chi connectivity index (χ0) is 22.9. The SMILES string of the molecule is Cc1nn(CC(=O)N(Cc2ccccc2)c2ccccc2)c2nc(C3CC3)cc(C(F)F)c12. The molecule has 0 spiro atoms. The van der Waals surface area contributed by atoms with E-state index >= 15 is 0 Å². The van der Waals surface area contributed by atoms with Crippen molar-refractivity contribution in [3.8, 4) is 0 Å². The molecule has 1 aliphatic carbocycles. The summed E-state index contributed by atoms with van der Waals surface area (Å²) < 4.78 is 29.2. The van der Waals surface area contributed by atoms with E-state index in [1.807, 2.05) is 60.7 Å². The maximum absolute atomic E-state index is 13.9. The van der Waals surface area contributed by atoms with Gasteiger partial charge in [-0.2, -0.15) is 5.10 Å². The van der Waals surface area contributed by atoms with Crippen LogP contribution in [-0.2, 0) is 17.9 Å². The van der Waals surface area contributed by atoms with Gasteiger partial charge in [-0.15, -0.1) is 0 Å². The van der Waals surface area contributed by atoms with Gasteiger partial charge in [0.2, 0.25) is 5.91 Å². The summed E-state index contributed by atoms with van der Waals surface area (Å²) in [6, 6.07) is 20.7. The fourth-order valence-electron chi connectivity index (χ4n) is 4.19. The number of aromatic nitrogens is 3. The quantitative estimate of drug-likeness (QED) is 0.361. The molecule has 0 N–H and O–H groups in total. The van der Waals surface area contributed by atoms with Crippen molar-refractivity contribution >= 4 is 22.6 Å². The average molecular weight is 447 g/mol. The first-order chi connectivity index (χ1) is 16.0. The number of nitrogens with zero attached hydrogens (tertiary/aromatic N) is 4. The van der Waals surface area contributed by atoms with Crippen LogP contribution in [0.1, 0.15) is 47.7 Å². The molecule has 0 atom stereocenters. The lowest BCUT2D eigenvalue weighted by Gasteiger charge is -2.23. The number of halogens is 2. The predicted octanol–water partition coefficient (Wildman–Crippen LogP) is 5.79. The molecule has 0 saturated heterocycles. The van der Waals surface area contributed by atoms with Crippen LogP contribution in [0.4, 0.5) is 14.5 Å². The Morgan fingerprint density at radius 3 is 2.39 bits per heavy atom. The molecule has 0 radical (unpaired) electrons. The van der Waals surface area contributed by atoms with E-state index in [0.29, 0.717) is 29.0 Å². The third-order valence-electron chi connectivity index (χ3n) is 6.00. The number of pyridine rings is 1. The van der Waals surface area contributed by atoms with E-state index in [4.69, 9.17) is 0 Å². The van der Waals surface area contributed by atoms with Gasteiger partial charge in [0.15, 0.2) is 5.65 Å². The van der Waals surface area contributed by atoms with Gasteiger partial charge in [0.05, 0.1) is 17.6 Å². The minimum absolute atomic E-state index is 0.0534. The van der Waals surface area contributed by atoms with Gasteiger partial charge in [0.1, 0.15) is 6.54 Å². The van der Waals surface area contributed by atoms with Gasteiger partial charge in [-0.3, -0.25) is 4.79 Å². The second kappa shape index (κ2) is 8.73. The molecule has 1 amide bonds. The number of fused-ring (bicyclic) bond motifs is 1. The van der Waals surface area contributed by atoms with E-state index in [0.717, 1.165) is 24.1 Å². The zero-order valence-electron chi connectivity index (χ0n) is 18.3. The van der Waals surface area contributed by atoms with Crippen LogP contribution >= 0.6 is 0 Å². The summed E-state index contributed by atoms with van der Waals surface area (Å²) in [7, 11) is 0. The van der Waals surface area contributed by atoms with E-state index in [9.17, 15) is 13.6 Å². The molecule has 2 heterocycles. The molecule has 168 valence electrons. The first-order valence-electron chi connectivity index (χ1n) is 11.1. The summed E-state index contributed by atoms with van der Waals surface area (Å²) in [5, 5.41) is 4.79. The highest BCUT2D eigenvalue weighted by Gasteiger charge is 2.29. The molecule has 33 heavy (non-hydrogen) atoms. The van der Waals surface area contributed by atoms with Crippen molar-refractivity contribution < 1.29 is 13.6 Å². The number of carbonyl (C=O) groups is 1. The van der Waals surface area contributed by atoms with Gasteiger partial charge >= 0.3 is 0 Å². The van der Waals surface area contributed by atoms with E-state index in [-0.39, 0.29) is 23.9 Å². The minimum atomic E-state index is -2.63. The summed E-state index contributed by atoms with van der Waals surface area (Å²) in [6.07, 6.45) is -0.725. The molecule has 2 aromatic heterocycles. The molecular weight excluding hydrogens is 422 g/mol. The largest absolute Gasteiger partial charge is 0.306 e. The van der Waals surface area contributed by atoms with Crippen LogP contribution in [0.25, 0.3) is 11.0 Å². The monoisotopic (exact) mass is 446 g/mol. The lowest BCUT2D eigenvalue weighted by atomic mass is 10.1. The number of para-hydroxylation sites is 1. The summed E-state index contributed by atoms with van der Waals surface area (Å²) in [6.45, 7) is 1.99. The van der Waals surface area contributed by atoms with Gasteiger partial charge in [-0.1, -0.05) is 48.5 Å². The zero-order valence-corrected chi connectivity index (χ0v) is 18.3. The van der Waals surface area contributed by atoms with E-state index in [1.165, 1.54) is 10.7 Å². The third-order valence-corrected chi connectivity index (χ3v) is 6.00. The molecule has 1 aliphatic rings. The first kappa shape index (κ1) is 21.2. The summed E-state index contributed by atoms with van der Waals surface area (Å²) in [4.78, 5) is 19.9. The van der Waals surface area contributed by atoms with Crippen molar-refractivity contribution in [2.45, 2.75) is 45.2 Å². The smallest absolute Gasteiger partial charge is 0.264 e. The van der Waals surface area contributed by atoms with Crippen LogP contribution < -0.4 is 4.90 Å². The second-order valence-corrected chi connectivity index (χ2v) is 8.45. The molecule has 2 aromatic carbocycles. The molecule has 0 aliphatic heterocycles. The maximum Gasteiger partial charge on any atom is 0.264 e. The molecule has 0 unspecified atom stereocenters. The summed E-state index contributed by atoms with van der Waals surface area (Å²) >= 11 is 0. The third kappa shape index (κ3) is 4.35. The molecule has 1 saturated carbocycles. The van der Waals surface area contributed by atoms with Gasteiger partial charge < -0.3 is 4.90 Å².